The van der Waals surface area contributed by atoms with Gasteiger partial charge in [-0.3, -0.25) is 19.5 Å². The number of amides is 2. The molecule has 0 spiro atoms. The summed E-state index contributed by atoms with van der Waals surface area (Å²) in [6.07, 6.45) is 1.50. The van der Waals surface area contributed by atoms with Gasteiger partial charge in [0.05, 0.1) is 19.6 Å². The summed E-state index contributed by atoms with van der Waals surface area (Å²) in [6.45, 7) is 9.56. The van der Waals surface area contributed by atoms with E-state index in [9.17, 15) is 14.7 Å². The molecule has 0 saturated carbocycles. The van der Waals surface area contributed by atoms with Crippen LogP contribution in [0.1, 0.15) is 42.4 Å². The third-order valence-corrected chi connectivity index (χ3v) is 4.77. The van der Waals surface area contributed by atoms with Crippen molar-refractivity contribution in [2.45, 2.75) is 39.3 Å². The summed E-state index contributed by atoms with van der Waals surface area (Å²) in [5.41, 5.74) is 1.91. The lowest BCUT2D eigenvalue weighted by atomic mass is 10.1. The van der Waals surface area contributed by atoms with Gasteiger partial charge in [0.25, 0.3) is 5.91 Å². The topological polar surface area (TPSA) is 104 Å². The van der Waals surface area contributed by atoms with Gasteiger partial charge in [-0.1, -0.05) is 12.1 Å². The number of aromatic nitrogens is 1. The quantitative estimate of drug-likeness (QED) is 0.655. The number of pyridine rings is 1. The Bertz CT molecular complexity index is 933. The standard InChI is InChI=1S/C23H30N4O4/c1-23(2,3)26-22(30)19-14-18(6-7-24-19)25-21(29)13-17-12-16(4-5-20(17)28)15-27-8-10-31-11-9-27/h4-7,12,14,28H,8-11,13,15H2,1-3H3,(H,26,30)(H,24,25,29). The average molecular weight is 427 g/mol. The van der Waals surface area contributed by atoms with E-state index in [-0.39, 0.29) is 35.2 Å². The van der Waals surface area contributed by atoms with Crippen molar-refractivity contribution in [1.29, 1.82) is 0 Å². The molecule has 8 nitrogen and oxygen atoms in total. The van der Waals surface area contributed by atoms with Crippen LogP contribution in [0.4, 0.5) is 5.69 Å². The number of phenolic OH excluding ortho intramolecular Hbond substituents is 1. The summed E-state index contributed by atoms with van der Waals surface area (Å²) in [6, 6.07) is 8.52. The largest absolute Gasteiger partial charge is 0.508 e. The number of nitrogens with zero attached hydrogens (tertiary/aromatic N) is 2. The molecule has 166 valence electrons. The van der Waals surface area contributed by atoms with Gasteiger partial charge in [-0.05, 0) is 44.5 Å². The lowest BCUT2D eigenvalue weighted by Crippen LogP contribution is -2.40. The fraction of sp³-hybridized carbons (Fsp3) is 0.435. The first-order valence-corrected chi connectivity index (χ1v) is 10.4. The number of anilines is 1. The van der Waals surface area contributed by atoms with Crippen molar-refractivity contribution in [3.63, 3.8) is 0 Å². The molecule has 1 aromatic heterocycles. The molecule has 1 fully saturated rings. The predicted octanol–water partition coefficient (Wildman–Crippen LogP) is 2.33. The van der Waals surface area contributed by atoms with Gasteiger partial charge in [0.15, 0.2) is 0 Å². The van der Waals surface area contributed by atoms with E-state index in [1.165, 1.54) is 12.3 Å². The highest BCUT2D eigenvalue weighted by atomic mass is 16.5. The van der Waals surface area contributed by atoms with Gasteiger partial charge in [0, 0.05) is 42.6 Å². The van der Waals surface area contributed by atoms with Crippen molar-refractivity contribution >= 4 is 17.5 Å². The summed E-state index contributed by atoms with van der Waals surface area (Å²) in [7, 11) is 0. The molecular formula is C23H30N4O4. The highest BCUT2D eigenvalue weighted by Gasteiger charge is 2.17. The van der Waals surface area contributed by atoms with E-state index in [0.29, 0.717) is 11.3 Å². The van der Waals surface area contributed by atoms with Crippen molar-refractivity contribution in [1.82, 2.24) is 15.2 Å². The maximum absolute atomic E-state index is 12.6. The van der Waals surface area contributed by atoms with E-state index < -0.39 is 0 Å². The highest BCUT2D eigenvalue weighted by molar-refractivity contribution is 5.96. The van der Waals surface area contributed by atoms with Crippen LogP contribution in [0.5, 0.6) is 5.75 Å². The van der Waals surface area contributed by atoms with Crippen LogP contribution >= 0.6 is 0 Å². The first kappa shape index (κ1) is 22.7. The highest BCUT2D eigenvalue weighted by Crippen LogP contribution is 2.21. The zero-order valence-corrected chi connectivity index (χ0v) is 18.3. The molecule has 3 N–H and O–H groups in total. The Hall–Kier alpha value is -2.97. The molecule has 31 heavy (non-hydrogen) atoms. The molecule has 2 aromatic rings. The van der Waals surface area contributed by atoms with Crippen molar-refractivity contribution in [3.05, 3.63) is 53.3 Å². The number of hydrogen-bond donors (Lipinski definition) is 3. The number of carbonyl (C=O) groups is 2. The van der Waals surface area contributed by atoms with Gasteiger partial charge in [-0.2, -0.15) is 0 Å². The Kier molecular flexibility index (Phi) is 7.25. The Balaban J connectivity index is 1.63. The second kappa shape index (κ2) is 9.89. The smallest absolute Gasteiger partial charge is 0.270 e. The molecule has 0 radical (unpaired) electrons. The predicted molar refractivity (Wildman–Crippen MR) is 118 cm³/mol. The Morgan fingerprint density at radius 2 is 1.90 bits per heavy atom. The van der Waals surface area contributed by atoms with Gasteiger partial charge in [0.2, 0.25) is 5.91 Å². The van der Waals surface area contributed by atoms with Crippen LogP contribution in [0, 0.1) is 0 Å². The van der Waals surface area contributed by atoms with Crippen LogP contribution in [0.2, 0.25) is 0 Å². The molecule has 1 aromatic carbocycles. The molecule has 8 heteroatoms. The van der Waals surface area contributed by atoms with Gasteiger partial charge in [-0.15, -0.1) is 0 Å². The summed E-state index contributed by atoms with van der Waals surface area (Å²) < 4.78 is 5.37. The van der Waals surface area contributed by atoms with E-state index in [0.717, 1.165) is 38.4 Å². The molecule has 0 unspecified atom stereocenters. The second-order valence-corrected chi connectivity index (χ2v) is 8.71. The number of benzene rings is 1. The summed E-state index contributed by atoms with van der Waals surface area (Å²) >= 11 is 0. The fourth-order valence-corrected chi connectivity index (χ4v) is 3.31. The van der Waals surface area contributed by atoms with E-state index in [1.54, 1.807) is 12.1 Å². The van der Waals surface area contributed by atoms with Crippen molar-refractivity contribution in [3.8, 4) is 5.75 Å². The maximum Gasteiger partial charge on any atom is 0.270 e. The fourth-order valence-electron chi connectivity index (χ4n) is 3.31. The lowest BCUT2D eigenvalue weighted by molar-refractivity contribution is -0.115. The van der Waals surface area contributed by atoms with Crippen molar-refractivity contribution < 1.29 is 19.4 Å². The van der Waals surface area contributed by atoms with Gasteiger partial charge in [0.1, 0.15) is 11.4 Å². The molecule has 0 bridgehead atoms. The summed E-state index contributed by atoms with van der Waals surface area (Å²) in [4.78, 5) is 31.2. The maximum atomic E-state index is 12.6. The molecule has 2 heterocycles. The number of hydrogen-bond acceptors (Lipinski definition) is 6. The van der Waals surface area contributed by atoms with E-state index in [1.807, 2.05) is 32.9 Å². The Labute approximate surface area is 182 Å². The van der Waals surface area contributed by atoms with E-state index in [2.05, 4.69) is 20.5 Å². The third kappa shape index (κ3) is 7.04. The number of rotatable bonds is 6. The number of ether oxygens (including phenoxy) is 1. The van der Waals surface area contributed by atoms with Crippen LogP contribution in [0.3, 0.4) is 0 Å². The minimum atomic E-state index is -0.387. The average Bonchev–Trinajstić information content (AvgIpc) is 2.70. The summed E-state index contributed by atoms with van der Waals surface area (Å²) in [5, 5.41) is 15.8. The van der Waals surface area contributed by atoms with Crippen molar-refractivity contribution in [2.24, 2.45) is 0 Å². The normalized spacial score (nSPS) is 14.8. The molecule has 0 atom stereocenters. The number of aromatic hydroxyl groups is 1. The number of nitrogens with one attached hydrogen (secondary N) is 2. The molecule has 2 amide bonds. The van der Waals surface area contributed by atoms with Crippen LogP contribution in [0.25, 0.3) is 0 Å². The third-order valence-electron chi connectivity index (χ3n) is 4.77. The zero-order chi connectivity index (χ0) is 22.4. The Morgan fingerprint density at radius 1 is 1.16 bits per heavy atom. The Morgan fingerprint density at radius 3 is 2.61 bits per heavy atom. The van der Waals surface area contributed by atoms with Gasteiger partial charge < -0.3 is 20.5 Å². The molecule has 3 rings (SSSR count). The van der Waals surface area contributed by atoms with E-state index >= 15 is 0 Å². The number of phenols is 1. The number of morpholine rings is 1. The first-order valence-electron chi connectivity index (χ1n) is 10.4. The molecule has 1 saturated heterocycles. The van der Waals surface area contributed by atoms with Gasteiger partial charge in [-0.25, -0.2) is 0 Å². The second-order valence-electron chi connectivity index (χ2n) is 8.71. The SMILES string of the molecule is CC(C)(C)NC(=O)c1cc(NC(=O)Cc2cc(CN3CCOCC3)ccc2O)ccn1. The van der Waals surface area contributed by atoms with Crippen LogP contribution < -0.4 is 10.6 Å². The minimum Gasteiger partial charge on any atom is -0.508 e. The molecular weight excluding hydrogens is 396 g/mol. The van der Waals surface area contributed by atoms with Crippen LogP contribution in [0.15, 0.2) is 36.5 Å². The number of carbonyl (C=O) groups excluding carboxylic acids is 2. The minimum absolute atomic E-state index is 0.0224. The van der Waals surface area contributed by atoms with E-state index in [4.69, 9.17) is 4.74 Å². The first-order chi connectivity index (χ1) is 14.7. The molecule has 1 aliphatic heterocycles. The zero-order valence-electron chi connectivity index (χ0n) is 18.3. The van der Waals surface area contributed by atoms with Crippen molar-refractivity contribution in [2.75, 3.05) is 31.6 Å². The van der Waals surface area contributed by atoms with Gasteiger partial charge >= 0.3 is 0 Å². The van der Waals surface area contributed by atoms with Crippen LogP contribution in [-0.4, -0.2) is 58.6 Å². The van der Waals surface area contributed by atoms with Crippen LogP contribution in [-0.2, 0) is 22.5 Å². The monoisotopic (exact) mass is 426 g/mol. The molecule has 0 aliphatic carbocycles. The summed E-state index contributed by atoms with van der Waals surface area (Å²) in [5.74, 6) is -0.509. The molecule has 1 aliphatic rings. The lowest BCUT2D eigenvalue weighted by Gasteiger charge is -2.26.